The molecule has 2 aromatic carbocycles. The van der Waals surface area contributed by atoms with Crippen LogP contribution < -0.4 is 14.8 Å². The molecule has 7 nitrogen and oxygen atoms in total. The number of carbonyl (C=O) groups is 1. The van der Waals surface area contributed by atoms with Gasteiger partial charge in [0.25, 0.3) is 0 Å². The molecule has 4 rings (SSSR count). The third-order valence-corrected chi connectivity index (χ3v) is 5.42. The number of nitrogens with one attached hydrogen (secondary N) is 1. The number of hydrogen-bond donors (Lipinski definition) is 1. The molecular formula is C24H28N4O3. The molecule has 0 atom stereocenters. The fourth-order valence-electron chi connectivity index (χ4n) is 3.79. The van der Waals surface area contributed by atoms with Crippen LogP contribution in [-0.2, 0) is 17.9 Å². The van der Waals surface area contributed by atoms with Crippen LogP contribution in [0, 0.1) is 0 Å². The van der Waals surface area contributed by atoms with Gasteiger partial charge in [-0.25, -0.2) is 4.98 Å². The average molecular weight is 421 g/mol. The molecule has 0 radical (unpaired) electrons. The summed E-state index contributed by atoms with van der Waals surface area (Å²) in [6.45, 7) is 4.37. The monoisotopic (exact) mass is 420 g/mol. The standard InChI is InChI=1S/C24H28N4O3/c1-30-22-7-6-19(17-27-11-8-24(29)26-10-13-27)16-21(22)20-4-2-3-5-23(20)31-15-14-28-12-9-25-18-28/h2-7,9,12,16,18H,8,10-11,13-15,17H2,1H3,(H,26,29). The van der Waals surface area contributed by atoms with Gasteiger partial charge >= 0.3 is 0 Å². The van der Waals surface area contributed by atoms with Gasteiger partial charge < -0.3 is 19.4 Å². The van der Waals surface area contributed by atoms with Crippen molar-refractivity contribution in [2.75, 3.05) is 33.4 Å². The molecular weight excluding hydrogens is 392 g/mol. The lowest BCUT2D eigenvalue weighted by Gasteiger charge is -2.20. The Morgan fingerprint density at radius 3 is 2.84 bits per heavy atom. The first-order valence-corrected chi connectivity index (χ1v) is 10.6. The summed E-state index contributed by atoms with van der Waals surface area (Å²) in [4.78, 5) is 18.0. The van der Waals surface area contributed by atoms with Crippen LogP contribution in [-0.4, -0.2) is 53.7 Å². The second-order valence-electron chi connectivity index (χ2n) is 7.56. The van der Waals surface area contributed by atoms with Crippen LogP contribution in [0.1, 0.15) is 12.0 Å². The summed E-state index contributed by atoms with van der Waals surface area (Å²) in [6, 6.07) is 14.3. The Morgan fingerprint density at radius 1 is 1.10 bits per heavy atom. The third-order valence-electron chi connectivity index (χ3n) is 5.42. The van der Waals surface area contributed by atoms with Crippen molar-refractivity contribution in [3.8, 4) is 22.6 Å². The fourth-order valence-corrected chi connectivity index (χ4v) is 3.79. The summed E-state index contributed by atoms with van der Waals surface area (Å²) < 4.78 is 13.8. The quantitative estimate of drug-likeness (QED) is 0.607. The van der Waals surface area contributed by atoms with Gasteiger partial charge in [0.1, 0.15) is 18.1 Å². The zero-order chi connectivity index (χ0) is 21.5. The SMILES string of the molecule is COc1ccc(CN2CCNC(=O)CC2)cc1-c1ccccc1OCCn1ccnc1. The van der Waals surface area contributed by atoms with E-state index in [-0.39, 0.29) is 5.91 Å². The molecule has 1 amide bonds. The molecule has 31 heavy (non-hydrogen) atoms. The maximum absolute atomic E-state index is 11.6. The van der Waals surface area contributed by atoms with E-state index in [4.69, 9.17) is 9.47 Å². The molecule has 2 heterocycles. The van der Waals surface area contributed by atoms with Crippen molar-refractivity contribution >= 4 is 5.91 Å². The molecule has 0 bridgehead atoms. The molecule has 0 unspecified atom stereocenters. The normalized spacial score (nSPS) is 14.7. The van der Waals surface area contributed by atoms with Gasteiger partial charge in [0.2, 0.25) is 5.91 Å². The summed E-state index contributed by atoms with van der Waals surface area (Å²) in [5.74, 6) is 1.75. The van der Waals surface area contributed by atoms with Crippen LogP contribution in [0.3, 0.4) is 0 Å². The highest BCUT2D eigenvalue weighted by atomic mass is 16.5. The maximum Gasteiger partial charge on any atom is 0.221 e. The van der Waals surface area contributed by atoms with Crippen molar-refractivity contribution in [2.45, 2.75) is 19.5 Å². The zero-order valence-electron chi connectivity index (χ0n) is 17.8. The van der Waals surface area contributed by atoms with Crippen LogP contribution in [0.15, 0.2) is 61.2 Å². The highest BCUT2D eigenvalue weighted by Crippen LogP contribution is 2.37. The van der Waals surface area contributed by atoms with E-state index < -0.39 is 0 Å². The summed E-state index contributed by atoms with van der Waals surface area (Å²) >= 11 is 0. The summed E-state index contributed by atoms with van der Waals surface area (Å²) in [5, 5.41) is 2.93. The van der Waals surface area contributed by atoms with E-state index in [2.05, 4.69) is 33.4 Å². The number of amides is 1. The van der Waals surface area contributed by atoms with Crippen molar-refractivity contribution in [1.82, 2.24) is 19.8 Å². The van der Waals surface area contributed by atoms with Gasteiger partial charge in [-0.05, 0) is 23.8 Å². The minimum atomic E-state index is 0.125. The molecule has 0 aliphatic carbocycles. The summed E-state index contributed by atoms with van der Waals surface area (Å²) in [7, 11) is 1.69. The molecule has 3 aromatic rings. The summed E-state index contributed by atoms with van der Waals surface area (Å²) in [5.41, 5.74) is 3.18. The van der Waals surface area contributed by atoms with Crippen LogP contribution in [0.2, 0.25) is 0 Å². The first kappa shape index (κ1) is 20.9. The molecule has 7 heteroatoms. The van der Waals surface area contributed by atoms with Crippen molar-refractivity contribution in [3.05, 3.63) is 66.7 Å². The number of carbonyl (C=O) groups excluding carboxylic acids is 1. The van der Waals surface area contributed by atoms with Gasteiger partial charge in [-0.15, -0.1) is 0 Å². The highest BCUT2D eigenvalue weighted by Gasteiger charge is 2.16. The highest BCUT2D eigenvalue weighted by molar-refractivity contribution is 5.77. The lowest BCUT2D eigenvalue weighted by atomic mass is 10.0. The van der Waals surface area contributed by atoms with Gasteiger partial charge in [0.05, 0.1) is 20.0 Å². The number of para-hydroxylation sites is 1. The smallest absolute Gasteiger partial charge is 0.221 e. The molecule has 1 fully saturated rings. The van der Waals surface area contributed by atoms with E-state index in [0.29, 0.717) is 19.6 Å². The van der Waals surface area contributed by atoms with Gasteiger partial charge in [-0.3, -0.25) is 9.69 Å². The Bertz CT molecular complexity index is 1000. The van der Waals surface area contributed by atoms with Crippen molar-refractivity contribution in [2.24, 2.45) is 0 Å². The molecule has 162 valence electrons. The second-order valence-corrected chi connectivity index (χ2v) is 7.56. The number of nitrogens with zero attached hydrogens (tertiary/aromatic N) is 3. The molecule has 1 aromatic heterocycles. The van der Waals surface area contributed by atoms with Crippen LogP contribution in [0.25, 0.3) is 11.1 Å². The predicted molar refractivity (Wildman–Crippen MR) is 119 cm³/mol. The first-order chi connectivity index (χ1) is 15.2. The largest absolute Gasteiger partial charge is 0.496 e. The van der Waals surface area contributed by atoms with Crippen molar-refractivity contribution < 1.29 is 14.3 Å². The number of methoxy groups -OCH3 is 1. The minimum absolute atomic E-state index is 0.125. The topological polar surface area (TPSA) is 68.6 Å². The Labute approximate surface area is 182 Å². The molecule has 1 saturated heterocycles. The molecule has 0 spiro atoms. The number of rotatable bonds is 8. The Hall–Kier alpha value is -3.32. The van der Waals surface area contributed by atoms with Gasteiger partial charge in [0, 0.05) is 56.1 Å². The van der Waals surface area contributed by atoms with Crippen molar-refractivity contribution in [1.29, 1.82) is 0 Å². The molecule has 1 aliphatic rings. The number of hydrogen-bond acceptors (Lipinski definition) is 5. The zero-order valence-corrected chi connectivity index (χ0v) is 17.8. The predicted octanol–water partition coefficient (Wildman–Crippen LogP) is 2.96. The van der Waals surface area contributed by atoms with Crippen LogP contribution in [0.4, 0.5) is 0 Å². The Kier molecular flexibility index (Phi) is 6.84. The van der Waals surface area contributed by atoms with Gasteiger partial charge in [-0.1, -0.05) is 24.3 Å². The number of imidazole rings is 1. The number of aromatic nitrogens is 2. The van der Waals surface area contributed by atoms with Crippen LogP contribution in [0.5, 0.6) is 11.5 Å². The number of ether oxygens (including phenoxy) is 2. The van der Waals surface area contributed by atoms with Gasteiger partial charge in [0.15, 0.2) is 0 Å². The van der Waals surface area contributed by atoms with E-state index >= 15 is 0 Å². The van der Waals surface area contributed by atoms with Crippen molar-refractivity contribution in [3.63, 3.8) is 0 Å². The maximum atomic E-state index is 11.6. The Morgan fingerprint density at radius 2 is 2.00 bits per heavy atom. The van der Waals surface area contributed by atoms with Gasteiger partial charge in [-0.2, -0.15) is 0 Å². The lowest BCUT2D eigenvalue weighted by Crippen LogP contribution is -2.28. The fraction of sp³-hybridized carbons (Fsp3) is 0.333. The average Bonchev–Trinajstić information content (AvgIpc) is 3.23. The minimum Gasteiger partial charge on any atom is -0.496 e. The van der Waals surface area contributed by atoms with E-state index in [1.807, 2.05) is 35.0 Å². The molecule has 1 aliphatic heterocycles. The molecule has 1 N–H and O–H groups in total. The van der Waals surface area contributed by atoms with E-state index in [0.717, 1.165) is 48.8 Å². The number of benzene rings is 2. The lowest BCUT2D eigenvalue weighted by molar-refractivity contribution is -0.120. The van der Waals surface area contributed by atoms with E-state index in [9.17, 15) is 4.79 Å². The van der Waals surface area contributed by atoms with Crippen LogP contribution >= 0.6 is 0 Å². The Balaban J connectivity index is 1.53. The first-order valence-electron chi connectivity index (χ1n) is 10.6. The third kappa shape index (κ3) is 5.44. The molecule has 0 saturated carbocycles. The van der Waals surface area contributed by atoms with E-state index in [1.165, 1.54) is 5.56 Å². The second kappa shape index (κ2) is 10.1. The summed E-state index contributed by atoms with van der Waals surface area (Å²) in [6.07, 6.45) is 6.01. The van der Waals surface area contributed by atoms with E-state index in [1.54, 1.807) is 19.6 Å².